The Hall–Kier alpha value is -1.38. The Morgan fingerprint density at radius 1 is 1.56 bits per heavy atom. The first-order valence-electron chi connectivity index (χ1n) is 6.68. The van der Waals surface area contributed by atoms with Crippen molar-refractivity contribution in [1.82, 2.24) is 4.98 Å². The van der Waals surface area contributed by atoms with Crippen LogP contribution in [0.5, 0.6) is 0 Å². The third-order valence-electron chi connectivity index (χ3n) is 4.01. The fourth-order valence-electron chi connectivity index (χ4n) is 3.14. The van der Waals surface area contributed by atoms with Crippen molar-refractivity contribution >= 4 is 5.97 Å². The van der Waals surface area contributed by atoms with Gasteiger partial charge >= 0.3 is 5.97 Å². The molecule has 1 heterocycles. The van der Waals surface area contributed by atoms with Gasteiger partial charge in [0.1, 0.15) is 0 Å². The van der Waals surface area contributed by atoms with Gasteiger partial charge < -0.3 is 5.11 Å². The zero-order valence-corrected chi connectivity index (χ0v) is 11.1. The van der Waals surface area contributed by atoms with Crippen molar-refractivity contribution in [2.45, 2.75) is 46.0 Å². The molecule has 1 fully saturated rings. The summed E-state index contributed by atoms with van der Waals surface area (Å²) >= 11 is 0. The average molecular weight is 247 g/mol. The number of aromatic nitrogens is 1. The number of nitrogens with zero attached hydrogens (tertiary/aromatic N) is 1. The van der Waals surface area contributed by atoms with Gasteiger partial charge in [0, 0.05) is 17.8 Å². The molecule has 1 aliphatic carbocycles. The Balaban J connectivity index is 2.23. The second-order valence-corrected chi connectivity index (χ2v) is 5.73. The Morgan fingerprint density at radius 3 is 2.94 bits per heavy atom. The third-order valence-corrected chi connectivity index (χ3v) is 4.01. The molecular formula is C15H21NO2. The fraction of sp³-hybridized carbons (Fsp3) is 0.600. The number of carbonyl (C=O) groups is 1. The van der Waals surface area contributed by atoms with Crippen molar-refractivity contribution in [3.63, 3.8) is 0 Å². The molecule has 0 bridgehead atoms. The summed E-state index contributed by atoms with van der Waals surface area (Å²) in [5, 5.41) is 9.61. The molecule has 1 aliphatic rings. The quantitative estimate of drug-likeness (QED) is 0.892. The minimum atomic E-state index is -0.655. The molecule has 3 nitrogen and oxygen atoms in total. The van der Waals surface area contributed by atoms with E-state index >= 15 is 0 Å². The smallest absolute Gasteiger partial charge is 0.310 e. The van der Waals surface area contributed by atoms with E-state index < -0.39 is 11.4 Å². The normalized spacial score (nSPS) is 28.0. The molecule has 2 atom stereocenters. The first-order valence-corrected chi connectivity index (χ1v) is 6.68. The van der Waals surface area contributed by atoms with Gasteiger partial charge in [-0.15, -0.1) is 0 Å². The number of carboxylic acids is 1. The van der Waals surface area contributed by atoms with Gasteiger partial charge in [0.05, 0.1) is 5.41 Å². The van der Waals surface area contributed by atoms with Gasteiger partial charge in [0.15, 0.2) is 0 Å². The zero-order valence-electron chi connectivity index (χ0n) is 11.1. The van der Waals surface area contributed by atoms with Crippen LogP contribution in [0.3, 0.4) is 0 Å². The highest BCUT2D eigenvalue weighted by Gasteiger charge is 2.42. The lowest BCUT2D eigenvalue weighted by Crippen LogP contribution is -2.38. The molecular weight excluding hydrogens is 226 g/mol. The first kappa shape index (κ1) is 13.1. The number of pyridine rings is 1. The summed E-state index contributed by atoms with van der Waals surface area (Å²) < 4.78 is 0. The van der Waals surface area contributed by atoms with Crippen molar-refractivity contribution in [3.05, 3.63) is 29.6 Å². The van der Waals surface area contributed by atoms with Gasteiger partial charge in [-0.05, 0) is 37.8 Å². The maximum absolute atomic E-state index is 11.7. The van der Waals surface area contributed by atoms with Crippen LogP contribution in [0, 0.1) is 18.3 Å². The van der Waals surface area contributed by atoms with E-state index in [1.807, 2.05) is 25.1 Å². The van der Waals surface area contributed by atoms with Crippen LogP contribution in [0.25, 0.3) is 0 Å². The minimum Gasteiger partial charge on any atom is -0.481 e. The molecule has 2 rings (SSSR count). The largest absolute Gasteiger partial charge is 0.481 e. The maximum Gasteiger partial charge on any atom is 0.310 e. The number of rotatable bonds is 3. The number of hydrogen-bond donors (Lipinski definition) is 1. The van der Waals surface area contributed by atoms with E-state index in [4.69, 9.17) is 0 Å². The summed E-state index contributed by atoms with van der Waals surface area (Å²) in [5.74, 6) is -0.156. The van der Waals surface area contributed by atoms with Crippen LogP contribution in [0.15, 0.2) is 18.2 Å². The van der Waals surface area contributed by atoms with Crippen molar-refractivity contribution in [1.29, 1.82) is 0 Å². The Labute approximate surface area is 108 Å². The summed E-state index contributed by atoms with van der Waals surface area (Å²) in [6.45, 7) is 4.10. The monoisotopic (exact) mass is 247 g/mol. The molecule has 1 saturated carbocycles. The summed E-state index contributed by atoms with van der Waals surface area (Å²) in [4.78, 5) is 16.1. The molecule has 3 heteroatoms. The van der Waals surface area contributed by atoms with E-state index in [9.17, 15) is 9.90 Å². The topological polar surface area (TPSA) is 50.2 Å². The predicted octanol–water partition coefficient (Wildman–Crippen LogP) is 3.21. The van der Waals surface area contributed by atoms with Crippen molar-refractivity contribution in [2.24, 2.45) is 11.3 Å². The second kappa shape index (κ2) is 5.09. The highest BCUT2D eigenvalue weighted by atomic mass is 16.4. The van der Waals surface area contributed by atoms with Crippen LogP contribution in [0.2, 0.25) is 0 Å². The lowest BCUT2D eigenvalue weighted by Gasteiger charge is -2.36. The molecule has 0 aliphatic heterocycles. The molecule has 0 saturated heterocycles. The molecule has 98 valence electrons. The number of aliphatic carboxylic acids is 1. The summed E-state index contributed by atoms with van der Waals surface area (Å²) in [6, 6.07) is 5.84. The van der Waals surface area contributed by atoms with Gasteiger partial charge in [-0.2, -0.15) is 0 Å². The lowest BCUT2D eigenvalue weighted by molar-refractivity contribution is -0.152. The van der Waals surface area contributed by atoms with Crippen LogP contribution in [-0.2, 0) is 11.2 Å². The number of hydrogen-bond acceptors (Lipinski definition) is 2. The summed E-state index contributed by atoms with van der Waals surface area (Å²) in [7, 11) is 0. The van der Waals surface area contributed by atoms with E-state index in [2.05, 4.69) is 11.9 Å². The highest BCUT2D eigenvalue weighted by Crippen LogP contribution is 2.41. The van der Waals surface area contributed by atoms with E-state index in [1.165, 1.54) is 0 Å². The summed E-state index contributed by atoms with van der Waals surface area (Å²) in [5.41, 5.74) is 1.27. The van der Waals surface area contributed by atoms with Gasteiger partial charge in [-0.3, -0.25) is 9.78 Å². The van der Waals surface area contributed by atoms with Crippen molar-refractivity contribution < 1.29 is 9.90 Å². The molecule has 1 N–H and O–H groups in total. The van der Waals surface area contributed by atoms with Crippen LogP contribution >= 0.6 is 0 Å². The number of carboxylic acid groups (broad SMARTS) is 1. The molecule has 2 unspecified atom stereocenters. The average Bonchev–Trinajstić information content (AvgIpc) is 2.28. The Morgan fingerprint density at radius 2 is 2.33 bits per heavy atom. The third kappa shape index (κ3) is 2.71. The molecule has 0 spiro atoms. The first-order chi connectivity index (χ1) is 8.52. The second-order valence-electron chi connectivity index (χ2n) is 5.73. The van der Waals surface area contributed by atoms with E-state index in [-0.39, 0.29) is 0 Å². The molecule has 1 aromatic heterocycles. The highest BCUT2D eigenvalue weighted by molar-refractivity contribution is 5.75. The van der Waals surface area contributed by atoms with Gasteiger partial charge in [0.25, 0.3) is 0 Å². The van der Waals surface area contributed by atoms with Gasteiger partial charge in [-0.25, -0.2) is 0 Å². The van der Waals surface area contributed by atoms with Crippen LogP contribution < -0.4 is 0 Å². The fourth-order valence-corrected chi connectivity index (χ4v) is 3.14. The van der Waals surface area contributed by atoms with Gasteiger partial charge in [-0.1, -0.05) is 25.8 Å². The van der Waals surface area contributed by atoms with E-state index in [1.54, 1.807) is 0 Å². The van der Waals surface area contributed by atoms with Crippen molar-refractivity contribution in [3.8, 4) is 0 Å². The zero-order chi connectivity index (χ0) is 13.2. The Bertz CT molecular complexity index is 444. The Kier molecular flexibility index (Phi) is 3.69. The van der Waals surface area contributed by atoms with E-state index in [0.29, 0.717) is 12.3 Å². The van der Waals surface area contributed by atoms with E-state index in [0.717, 1.165) is 37.1 Å². The predicted molar refractivity (Wildman–Crippen MR) is 70.4 cm³/mol. The summed E-state index contributed by atoms with van der Waals surface area (Å²) in [6.07, 6.45) is 4.28. The van der Waals surface area contributed by atoms with Crippen LogP contribution in [-0.4, -0.2) is 16.1 Å². The molecule has 1 aromatic rings. The molecule has 0 amide bonds. The lowest BCUT2D eigenvalue weighted by atomic mass is 9.67. The number of aryl methyl sites for hydroxylation is 1. The van der Waals surface area contributed by atoms with Crippen LogP contribution in [0.1, 0.15) is 44.0 Å². The molecule has 0 radical (unpaired) electrons. The van der Waals surface area contributed by atoms with Crippen LogP contribution in [0.4, 0.5) is 0 Å². The molecule has 0 aromatic carbocycles. The standard InChI is InChI=1S/C15H21NO2/c1-11-5-4-8-15(9-11,14(17)18)10-13-7-3-6-12(2)16-13/h3,6-7,11H,4-5,8-10H2,1-2H3,(H,17,18). The van der Waals surface area contributed by atoms with Gasteiger partial charge in [0.2, 0.25) is 0 Å². The molecule has 18 heavy (non-hydrogen) atoms. The van der Waals surface area contributed by atoms with Crippen molar-refractivity contribution in [2.75, 3.05) is 0 Å². The minimum absolute atomic E-state index is 0.500. The SMILES string of the molecule is Cc1cccc(CC2(C(=O)O)CCCC(C)C2)n1. The maximum atomic E-state index is 11.7.